The molecule has 1 aliphatic carbocycles. The van der Waals surface area contributed by atoms with Gasteiger partial charge in [-0.3, -0.25) is 4.90 Å². The number of nitrogens with zero attached hydrogens (tertiary/aromatic N) is 6. The van der Waals surface area contributed by atoms with Crippen molar-refractivity contribution < 1.29 is 8.78 Å². The molecule has 40 heavy (non-hydrogen) atoms. The number of hydrogen-bond donors (Lipinski definition) is 2. The molecule has 0 radical (unpaired) electrons. The number of nitrogens with one attached hydrogen (secondary N) is 1. The SMILES string of the molecule is CN1CCN(C2CCC(n3cc(-c4ccc(N5CNc6c(F)ccc(F)c65)cc4)c4c(N)ncnc43)CC2)CC1. The molecule has 0 amide bonds. The molecule has 8 nitrogen and oxygen atoms in total. The van der Waals surface area contributed by atoms with E-state index in [1.54, 1.807) is 11.2 Å². The van der Waals surface area contributed by atoms with Crippen molar-refractivity contribution in [2.24, 2.45) is 0 Å². The third kappa shape index (κ3) is 4.26. The lowest BCUT2D eigenvalue weighted by Crippen LogP contribution is -2.49. The fourth-order valence-electron chi connectivity index (χ4n) is 6.75. The first-order chi connectivity index (χ1) is 19.5. The summed E-state index contributed by atoms with van der Waals surface area (Å²) in [6.45, 7) is 4.90. The summed E-state index contributed by atoms with van der Waals surface area (Å²) in [5.74, 6) is -0.457. The Labute approximate surface area is 232 Å². The molecule has 0 bridgehead atoms. The van der Waals surface area contributed by atoms with Crippen LogP contribution in [-0.4, -0.2) is 70.3 Å². The molecular formula is C30H34F2N8. The van der Waals surface area contributed by atoms with Gasteiger partial charge in [0.15, 0.2) is 0 Å². The predicted octanol–water partition coefficient (Wildman–Crippen LogP) is 5.21. The quantitative estimate of drug-likeness (QED) is 0.365. The molecule has 3 N–H and O–H groups in total. The number of benzene rings is 2. The minimum atomic E-state index is -0.462. The summed E-state index contributed by atoms with van der Waals surface area (Å²) in [4.78, 5) is 15.8. The van der Waals surface area contributed by atoms with Crippen LogP contribution in [0.4, 0.5) is 31.7 Å². The molecule has 0 atom stereocenters. The Morgan fingerprint density at radius 3 is 2.33 bits per heavy atom. The number of piperazine rings is 1. The Morgan fingerprint density at radius 1 is 0.875 bits per heavy atom. The number of hydrogen-bond acceptors (Lipinski definition) is 7. The van der Waals surface area contributed by atoms with Crippen molar-refractivity contribution in [2.45, 2.75) is 37.8 Å². The van der Waals surface area contributed by atoms with Gasteiger partial charge < -0.3 is 25.4 Å². The fraction of sp³-hybridized carbons (Fsp3) is 0.400. The van der Waals surface area contributed by atoms with E-state index in [-0.39, 0.29) is 11.4 Å². The molecule has 2 aliphatic heterocycles. The Hall–Kier alpha value is -3.76. The third-order valence-corrected chi connectivity index (χ3v) is 9.00. The van der Waals surface area contributed by atoms with Crippen molar-refractivity contribution in [1.29, 1.82) is 0 Å². The van der Waals surface area contributed by atoms with Crippen LogP contribution < -0.4 is 16.0 Å². The summed E-state index contributed by atoms with van der Waals surface area (Å²) >= 11 is 0. The molecule has 1 saturated carbocycles. The highest BCUT2D eigenvalue weighted by atomic mass is 19.1. The number of fused-ring (bicyclic) bond motifs is 2. The number of nitrogen functional groups attached to an aromatic ring is 1. The number of likely N-dealkylation sites (N-methyl/N-ethyl adjacent to an activating group) is 1. The highest BCUT2D eigenvalue weighted by molar-refractivity contribution is 6.01. The maximum atomic E-state index is 14.6. The van der Waals surface area contributed by atoms with Gasteiger partial charge in [0.1, 0.15) is 35.1 Å². The molecule has 1 saturated heterocycles. The first kappa shape index (κ1) is 25.2. The molecule has 10 heteroatoms. The van der Waals surface area contributed by atoms with Crippen LogP contribution in [0.5, 0.6) is 0 Å². The standard InChI is InChI=1S/C30H34F2N8/c1-37-12-14-38(15-13-37)20-6-8-21(9-7-20)39-16-23(26-29(33)34-17-35-30(26)39)19-2-4-22(5-3-19)40-18-36-27-24(31)10-11-25(32)28(27)40/h2-5,10-11,16-17,20-21,36H,6-9,12-15,18H2,1H3,(H2,33,34,35). The first-order valence-corrected chi connectivity index (χ1v) is 14.1. The number of aromatic nitrogens is 3. The van der Waals surface area contributed by atoms with Crippen molar-refractivity contribution in [2.75, 3.05) is 55.8 Å². The van der Waals surface area contributed by atoms with E-state index in [1.807, 2.05) is 24.3 Å². The number of nitrogens with two attached hydrogens (primary N) is 1. The van der Waals surface area contributed by atoms with Gasteiger partial charge in [0.2, 0.25) is 0 Å². The fourth-order valence-corrected chi connectivity index (χ4v) is 6.75. The van der Waals surface area contributed by atoms with Crippen molar-refractivity contribution in [3.63, 3.8) is 0 Å². The lowest BCUT2D eigenvalue weighted by Gasteiger charge is -2.41. The molecule has 0 unspecified atom stereocenters. The molecule has 3 aliphatic rings. The molecule has 2 fully saturated rings. The van der Waals surface area contributed by atoms with Gasteiger partial charge in [-0.2, -0.15) is 0 Å². The van der Waals surface area contributed by atoms with Crippen LogP contribution in [0.1, 0.15) is 31.7 Å². The van der Waals surface area contributed by atoms with E-state index >= 15 is 0 Å². The molecular weight excluding hydrogens is 510 g/mol. The Bertz CT molecular complexity index is 1540. The Morgan fingerprint density at radius 2 is 1.57 bits per heavy atom. The molecule has 0 spiro atoms. The zero-order valence-electron chi connectivity index (χ0n) is 22.7. The van der Waals surface area contributed by atoms with Gasteiger partial charge in [-0.1, -0.05) is 12.1 Å². The minimum Gasteiger partial charge on any atom is -0.383 e. The van der Waals surface area contributed by atoms with E-state index in [1.165, 1.54) is 18.9 Å². The van der Waals surface area contributed by atoms with E-state index in [4.69, 9.17) is 5.73 Å². The van der Waals surface area contributed by atoms with Gasteiger partial charge in [0.05, 0.1) is 17.7 Å². The second-order valence-electron chi connectivity index (χ2n) is 11.3. The second-order valence-corrected chi connectivity index (χ2v) is 11.3. The summed E-state index contributed by atoms with van der Waals surface area (Å²) in [7, 11) is 2.20. The molecule has 208 valence electrons. The average Bonchev–Trinajstić information content (AvgIpc) is 3.60. The maximum Gasteiger partial charge on any atom is 0.149 e. The molecule has 7 rings (SSSR count). The normalized spacial score (nSPS) is 22.0. The maximum absolute atomic E-state index is 14.6. The number of anilines is 4. The third-order valence-electron chi connectivity index (χ3n) is 9.00. The molecule has 2 aromatic carbocycles. The zero-order valence-corrected chi connectivity index (χ0v) is 22.7. The highest BCUT2D eigenvalue weighted by Crippen LogP contribution is 2.42. The van der Waals surface area contributed by atoms with E-state index in [2.05, 4.69) is 42.9 Å². The summed E-state index contributed by atoms with van der Waals surface area (Å²) < 4.78 is 31.1. The van der Waals surface area contributed by atoms with Gasteiger partial charge in [-0.05, 0) is 62.6 Å². The minimum absolute atomic E-state index is 0.194. The average molecular weight is 545 g/mol. The Kier molecular flexibility index (Phi) is 6.31. The van der Waals surface area contributed by atoms with E-state index < -0.39 is 11.6 Å². The van der Waals surface area contributed by atoms with Crippen molar-refractivity contribution in [1.82, 2.24) is 24.3 Å². The van der Waals surface area contributed by atoms with Gasteiger partial charge >= 0.3 is 0 Å². The predicted molar refractivity (Wildman–Crippen MR) is 155 cm³/mol. The zero-order chi connectivity index (χ0) is 27.4. The van der Waals surface area contributed by atoms with E-state index in [0.717, 1.165) is 72.9 Å². The van der Waals surface area contributed by atoms with Gasteiger partial charge in [0.25, 0.3) is 0 Å². The van der Waals surface area contributed by atoms with Crippen molar-refractivity contribution >= 4 is 33.9 Å². The van der Waals surface area contributed by atoms with E-state index in [9.17, 15) is 8.78 Å². The van der Waals surface area contributed by atoms with Gasteiger partial charge in [-0.25, -0.2) is 18.7 Å². The first-order valence-electron chi connectivity index (χ1n) is 14.1. The lowest BCUT2D eigenvalue weighted by atomic mass is 9.89. The van der Waals surface area contributed by atoms with E-state index in [0.29, 0.717) is 24.6 Å². The van der Waals surface area contributed by atoms with Crippen molar-refractivity contribution in [3.05, 3.63) is 60.6 Å². The highest BCUT2D eigenvalue weighted by Gasteiger charge is 2.30. The van der Waals surface area contributed by atoms with Crippen LogP contribution in [0.3, 0.4) is 0 Å². The summed E-state index contributed by atoms with van der Waals surface area (Å²) in [6.07, 6.45) is 8.29. The van der Waals surface area contributed by atoms with Crippen LogP contribution in [0.25, 0.3) is 22.2 Å². The molecule has 2 aromatic heterocycles. The van der Waals surface area contributed by atoms with Crippen LogP contribution >= 0.6 is 0 Å². The summed E-state index contributed by atoms with van der Waals surface area (Å²) in [6, 6.07) is 11.2. The summed E-state index contributed by atoms with van der Waals surface area (Å²) in [5.41, 5.74) is 10.4. The van der Waals surface area contributed by atoms with Crippen molar-refractivity contribution in [3.8, 4) is 11.1 Å². The Balaban J connectivity index is 1.16. The van der Waals surface area contributed by atoms with Gasteiger partial charge in [0, 0.05) is 55.7 Å². The van der Waals surface area contributed by atoms with Crippen LogP contribution in [-0.2, 0) is 0 Å². The monoisotopic (exact) mass is 544 g/mol. The molecule has 4 aromatic rings. The number of rotatable bonds is 4. The second kappa shape index (κ2) is 10.0. The number of halogens is 2. The summed E-state index contributed by atoms with van der Waals surface area (Å²) in [5, 5.41) is 3.83. The van der Waals surface area contributed by atoms with Crippen LogP contribution in [0, 0.1) is 11.6 Å². The smallest absolute Gasteiger partial charge is 0.149 e. The van der Waals surface area contributed by atoms with Crippen LogP contribution in [0.15, 0.2) is 48.9 Å². The lowest BCUT2D eigenvalue weighted by molar-refractivity contribution is 0.0828. The topological polar surface area (TPSA) is 78.5 Å². The molecule has 4 heterocycles. The largest absolute Gasteiger partial charge is 0.383 e. The van der Waals surface area contributed by atoms with Gasteiger partial charge in [-0.15, -0.1) is 0 Å². The van der Waals surface area contributed by atoms with Crippen LogP contribution in [0.2, 0.25) is 0 Å².